The number of amides is 2. The average molecular weight is 531 g/mol. The largest absolute Gasteiger partial charge is 0.481 e. The van der Waals surface area contributed by atoms with Gasteiger partial charge in [0.05, 0.1) is 18.6 Å². The first-order valence-corrected chi connectivity index (χ1v) is 10.8. The van der Waals surface area contributed by atoms with Crippen LogP contribution in [0.1, 0.15) is 11.1 Å². The van der Waals surface area contributed by atoms with E-state index in [0.717, 1.165) is 21.1 Å². The number of carbonyl (C=O) groups is 3. The van der Waals surface area contributed by atoms with Gasteiger partial charge in [0.25, 0.3) is 11.1 Å². The van der Waals surface area contributed by atoms with Crippen LogP contribution in [0.4, 0.5) is 4.79 Å². The number of hydrogen-bond acceptors (Lipinski definition) is 6. The normalized spacial score (nSPS) is 15.1. The first kappa shape index (κ1) is 22.7. The van der Waals surface area contributed by atoms with Crippen LogP contribution in [0.25, 0.3) is 6.08 Å². The first-order chi connectivity index (χ1) is 14.3. The lowest BCUT2D eigenvalue weighted by molar-refractivity contribution is -0.142. The average Bonchev–Trinajstić information content (AvgIpc) is 2.96. The van der Waals surface area contributed by atoms with Crippen LogP contribution in [0.3, 0.4) is 0 Å². The SMILES string of the molecule is COC(=O)COc1ccc(Br)cc1/C=C1/SC(=O)N(Cc2ccc(Cl)cc2Cl)C1=O. The Morgan fingerprint density at radius 2 is 1.97 bits per heavy atom. The van der Waals surface area contributed by atoms with E-state index in [0.29, 0.717) is 26.9 Å². The number of imide groups is 1. The third-order valence-corrected chi connectivity index (χ3v) is 6.04. The lowest BCUT2D eigenvalue weighted by atomic mass is 10.1. The Balaban J connectivity index is 1.84. The molecule has 0 bridgehead atoms. The summed E-state index contributed by atoms with van der Waals surface area (Å²) in [5, 5.41) is 0.423. The van der Waals surface area contributed by atoms with Crippen molar-refractivity contribution >= 4 is 74.1 Å². The molecule has 0 radical (unpaired) electrons. The standard InChI is InChI=1S/C20H14BrCl2NO5S/c1-28-18(25)10-29-16-5-3-13(21)6-12(16)7-17-19(26)24(20(27)30-17)9-11-2-4-14(22)8-15(11)23/h2-8H,9-10H2,1H3/b17-7+. The number of methoxy groups -OCH3 is 1. The van der Waals surface area contributed by atoms with Gasteiger partial charge in [-0.25, -0.2) is 4.79 Å². The molecule has 0 aliphatic carbocycles. The second-order valence-electron chi connectivity index (χ2n) is 6.05. The molecule has 1 heterocycles. The number of carbonyl (C=O) groups excluding carboxylic acids is 3. The molecule has 0 spiro atoms. The summed E-state index contributed by atoms with van der Waals surface area (Å²) >= 11 is 16.2. The van der Waals surface area contributed by atoms with E-state index in [1.807, 2.05) is 0 Å². The highest BCUT2D eigenvalue weighted by molar-refractivity contribution is 9.10. The Hall–Kier alpha value is -2.00. The van der Waals surface area contributed by atoms with Crippen molar-refractivity contribution in [1.29, 1.82) is 0 Å². The Bertz CT molecular complexity index is 1060. The number of nitrogens with zero attached hydrogens (tertiary/aromatic N) is 1. The van der Waals surface area contributed by atoms with E-state index in [-0.39, 0.29) is 18.1 Å². The number of rotatable bonds is 6. The van der Waals surface area contributed by atoms with Gasteiger partial charge in [-0.15, -0.1) is 0 Å². The van der Waals surface area contributed by atoms with Gasteiger partial charge in [0.15, 0.2) is 6.61 Å². The van der Waals surface area contributed by atoms with E-state index in [2.05, 4.69) is 20.7 Å². The van der Waals surface area contributed by atoms with Crippen molar-refractivity contribution in [3.63, 3.8) is 0 Å². The molecule has 0 unspecified atom stereocenters. The predicted molar refractivity (Wildman–Crippen MR) is 120 cm³/mol. The summed E-state index contributed by atoms with van der Waals surface area (Å²) in [6.45, 7) is -0.252. The molecule has 2 aromatic carbocycles. The van der Waals surface area contributed by atoms with Crippen LogP contribution in [0.5, 0.6) is 5.75 Å². The zero-order valence-electron chi connectivity index (χ0n) is 15.5. The molecule has 1 fully saturated rings. The lowest BCUT2D eigenvalue weighted by Gasteiger charge is -2.13. The van der Waals surface area contributed by atoms with Gasteiger partial charge < -0.3 is 9.47 Å². The van der Waals surface area contributed by atoms with E-state index in [9.17, 15) is 14.4 Å². The molecule has 10 heteroatoms. The molecule has 0 saturated carbocycles. The van der Waals surface area contributed by atoms with Gasteiger partial charge in [-0.1, -0.05) is 45.2 Å². The van der Waals surface area contributed by atoms with Crippen LogP contribution in [-0.4, -0.2) is 35.7 Å². The highest BCUT2D eigenvalue weighted by atomic mass is 79.9. The van der Waals surface area contributed by atoms with Crippen molar-refractivity contribution in [2.45, 2.75) is 6.54 Å². The molecule has 2 aromatic rings. The monoisotopic (exact) mass is 529 g/mol. The van der Waals surface area contributed by atoms with Crippen molar-refractivity contribution in [2.24, 2.45) is 0 Å². The van der Waals surface area contributed by atoms with Crippen LogP contribution >= 0.6 is 50.9 Å². The maximum Gasteiger partial charge on any atom is 0.343 e. The van der Waals surface area contributed by atoms with Crippen LogP contribution < -0.4 is 4.74 Å². The third kappa shape index (κ3) is 5.37. The van der Waals surface area contributed by atoms with Crippen LogP contribution in [0.2, 0.25) is 10.0 Å². The molecule has 2 amide bonds. The smallest absolute Gasteiger partial charge is 0.343 e. The minimum Gasteiger partial charge on any atom is -0.481 e. The van der Waals surface area contributed by atoms with Crippen molar-refractivity contribution in [2.75, 3.05) is 13.7 Å². The molecule has 1 aliphatic rings. The summed E-state index contributed by atoms with van der Waals surface area (Å²) in [6, 6.07) is 9.97. The molecular weight excluding hydrogens is 517 g/mol. The number of thioether (sulfide) groups is 1. The quantitative estimate of drug-likeness (QED) is 0.360. The summed E-state index contributed by atoms with van der Waals surface area (Å²) in [5.41, 5.74) is 1.14. The Morgan fingerprint density at radius 1 is 1.20 bits per heavy atom. The summed E-state index contributed by atoms with van der Waals surface area (Å²) in [6.07, 6.45) is 1.55. The van der Waals surface area contributed by atoms with Crippen molar-refractivity contribution in [1.82, 2.24) is 4.90 Å². The van der Waals surface area contributed by atoms with Gasteiger partial charge >= 0.3 is 5.97 Å². The second-order valence-corrected chi connectivity index (χ2v) is 8.80. The van der Waals surface area contributed by atoms with E-state index < -0.39 is 17.1 Å². The fourth-order valence-corrected chi connectivity index (χ4v) is 4.23. The fourth-order valence-electron chi connectivity index (χ4n) is 2.56. The Kier molecular flexibility index (Phi) is 7.46. The Morgan fingerprint density at radius 3 is 2.67 bits per heavy atom. The van der Waals surface area contributed by atoms with Gasteiger partial charge in [0.1, 0.15) is 5.75 Å². The zero-order chi connectivity index (χ0) is 21.8. The molecule has 30 heavy (non-hydrogen) atoms. The number of hydrogen-bond donors (Lipinski definition) is 0. The number of halogens is 3. The highest BCUT2D eigenvalue weighted by Crippen LogP contribution is 2.36. The van der Waals surface area contributed by atoms with Gasteiger partial charge in [-0.2, -0.15) is 0 Å². The van der Waals surface area contributed by atoms with Crippen molar-refractivity contribution < 1.29 is 23.9 Å². The van der Waals surface area contributed by atoms with Crippen molar-refractivity contribution in [3.8, 4) is 5.75 Å². The molecule has 6 nitrogen and oxygen atoms in total. The highest BCUT2D eigenvalue weighted by Gasteiger charge is 2.35. The van der Waals surface area contributed by atoms with Gasteiger partial charge in [0, 0.05) is 20.1 Å². The summed E-state index contributed by atoms with van der Waals surface area (Å²) < 4.78 is 10.8. The van der Waals surface area contributed by atoms with E-state index in [4.69, 9.17) is 27.9 Å². The van der Waals surface area contributed by atoms with Crippen LogP contribution in [-0.2, 0) is 20.9 Å². The molecule has 0 aromatic heterocycles. The second kappa shape index (κ2) is 9.87. The molecule has 0 atom stereocenters. The first-order valence-electron chi connectivity index (χ1n) is 8.47. The van der Waals surface area contributed by atoms with Crippen molar-refractivity contribution in [3.05, 3.63) is 66.9 Å². The molecule has 3 rings (SSSR count). The zero-order valence-corrected chi connectivity index (χ0v) is 19.4. The van der Waals surface area contributed by atoms with Crippen LogP contribution in [0.15, 0.2) is 45.8 Å². The molecule has 1 saturated heterocycles. The maximum atomic E-state index is 12.8. The van der Waals surface area contributed by atoms with Gasteiger partial charge in [0.2, 0.25) is 0 Å². The number of esters is 1. The summed E-state index contributed by atoms with van der Waals surface area (Å²) in [4.78, 5) is 38.0. The topological polar surface area (TPSA) is 72.9 Å². The minimum absolute atomic E-state index is 0.0300. The van der Waals surface area contributed by atoms with Crippen LogP contribution in [0, 0.1) is 0 Å². The summed E-state index contributed by atoms with van der Waals surface area (Å²) in [7, 11) is 1.26. The molecule has 0 N–H and O–H groups in total. The lowest BCUT2D eigenvalue weighted by Crippen LogP contribution is -2.27. The van der Waals surface area contributed by atoms with E-state index in [1.54, 1.807) is 42.5 Å². The number of benzene rings is 2. The fraction of sp³-hybridized carbons (Fsp3) is 0.150. The minimum atomic E-state index is -0.538. The predicted octanol–water partition coefficient (Wildman–Crippen LogP) is 5.54. The molecule has 1 aliphatic heterocycles. The molecule has 156 valence electrons. The number of ether oxygens (including phenoxy) is 2. The maximum absolute atomic E-state index is 12.8. The van der Waals surface area contributed by atoms with Gasteiger partial charge in [-0.05, 0) is 53.7 Å². The van der Waals surface area contributed by atoms with E-state index >= 15 is 0 Å². The molecular formula is C20H14BrCl2NO5S. The summed E-state index contributed by atoms with van der Waals surface area (Å²) in [5.74, 6) is -0.616. The third-order valence-electron chi connectivity index (χ3n) is 4.05. The van der Waals surface area contributed by atoms with E-state index in [1.165, 1.54) is 7.11 Å². The van der Waals surface area contributed by atoms with Gasteiger partial charge in [-0.3, -0.25) is 14.5 Å². The Labute approximate surface area is 195 Å².